The number of amides is 3. The number of nitrogens with zero attached hydrogens (tertiary/aromatic N) is 4. The van der Waals surface area contributed by atoms with Crippen molar-refractivity contribution >= 4 is 69.1 Å². The van der Waals surface area contributed by atoms with E-state index < -0.39 is 41.4 Å². The van der Waals surface area contributed by atoms with Gasteiger partial charge < -0.3 is 39.3 Å². The first-order valence-electron chi connectivity index (χ1n) is 22.7. The number of rotatable bonds is 15. The molecule has 17 nitrogen and oxygen atoms in total. The Hall–Kier alpha value is -6.17. The number of esters is 1. The summed E-state index contributed by atoms with van der Waals surface area (Å²) in [5.41, 5.74) is 9.04. The van der Waals surface area contributed by atoms with Crippen LogP contribution in [-0.4, -0.2) is 136 Å². The largest absolute Gasteiger partial charge is 0.478 e. The summed E-state index contributed by atoms with van der Waals surface area (Å²) >= 11 is 0. The first-order chi connectivity index (χ1) is 31.4. The van der Waals surface area contributed by atoms with E-state index in [0.29, 0.717) is 101 Å². The van der Waals surface area contributed by atoms with Crippen LogP contribution in [0.4, 0.5) is 4.79 Å². The first-order valence-corrected chi connectivity index (χ1v) is 22.7. The summed E-state index contributed by atoms with van der Waals surface area (Å²) in [6, 6.07) is 5.76. The molecular weight excluding hydrogens is 847 g/mol. The summed E-state index contributed by atoms with van der Waals surface area (Å²) in [4.78, 5) is 87.5. The molecule has 7 heterocycles. The fourth-order valence-electron chi connectivity index (χ4n) is 8.98. The van der Waals surface area contributed by atoms with E-state index in [2.05, 4.69) is 27.1 Å². The number of carboxylic acids is 1. The molecule has 2 atom stereocenters. The van der Waals surface area contributed by atoms with Gasteiger partial charge in [0.15, 0.2) is 0 Å². The first kappa shape index (κ1) is 47.8. The molecule has 8 bridgehead atoms. The number of allylic oxidation sites excluding steroid dienone is 2. The van der Waals surface area contributed by atoms with Gasteiger partial charge in [-0.1, -0.05) is 13.8 Å². The van der Waals surface area contributed by atoms with Crippen molar-refractivity contribution in [3.8, 4) is 0 Å². The van der Waals surface area contributed by atoms with Gasteiger partial charge in [0.25, 0.3) is 11.8 Å². The maximum absolute atomic E-state index is 15.1. The second-order valence-electron chi connectivity index (χ2n) is 18.1. The minimum absolute atomic E-state index is 0.00105. The average molecular weight is 908 g/mol. The van der Waals surface area contributed by atoms with Crippen molar-refractivity contribution < 1.29 is 48.0 Å². The number of aliphatic carboxylic acids is 1. The Bertz CT molecular complexity index is 2650. The van der Waals surface area contributed by atoms with Gasteiger partial charge in [-0.05, 0) is 101 Å². The molecular formula is C49H61N7O10. The highest BCUT2D eigenvalue weighted by Crippen LogP contribution is 2.44. The van der Waals surface area contributed by atoms with Crippen molar-refractivity contribution in [2.75, 3.05) is 65.8 Å². The van der Waals surface area contributed by atoms with E-state index in [-0.39, 0.29) is 57.2 Å². The number of aryl methyl sites for hydroxylation is 2. The highest BCUT2D eigenvalue weighted by molar-refractivity contribution is 6.23. The number of hydrogen-bond donors (Lipinski definition) is 4. The van der Waals surface area contributed by atoms with E-state index in [9.17, 15) is 24.3 Å². The zero-order valence-corrected chi connectivity index (χ0v) is 39.1. The van der Waals surface area contributed by atoms with Gasteiger partial charge in [-0.15, -0.1) is 0 Å². The molecule has 0 radical (unpaired) electrons. The van der Waals surface area contributed by atoms with Crippen LogP contribution in [0.3, 0.4) is 0 Å². The van der Waals surface area contributed by atoms with Crippen molar-refractivity contribution in [3.05, 3.63) is 74.9 Å². The lowest BCUT2D eigenvalue weighted by Crippen LogP contribution is -2.47. The number of ether oxygens (including phenoxy) is 4. The molecule has 3 amide bonds. The maximum atomic E-state index is 15.1. The minimum atomic E-state index is -1.08. The van der Waals surface area contributed by atoms with Crippen molar-refractivity contribution in [1.29, 1.82) is 0 Å². The zero-order valence-electron chi connectivity index (χ0n) is 39.1. The molecule has 0 aromatic carbocycles. The lowest BCUT2D eigenvalue weighted by atomic mass is 9.84. The summed E-state index contributed by atoms with van der Waals surface area (Å²) in [6.45, 7) is 18.9. The van der Waals surface area contributed by atoms with Crippen LogP contribution >= 0.6 is 0 Å². The number of carboxylic acid groups (broad SMARTS) is 1. The second kappa shape index (κ2) is 20.1. The number of fused-ring (bicyclic) bond motifs is 8. The molecule has 0 saturated carbocycles. The number of carbonyl (C=O) groups excluding carboxylic acids is 4. The molecule has 17 heteroatoms. The lowest BCUT2D eigenvalue weighted by molar-refractivity contribution is -0.145. The van der Waals surface area contributed by atoms with Crippen molar-refractivity contribution in [1.82, 2.24) is 35.1 Å². The molecule has 1 fully saturated rings. The predicted octanol–water partition coefficient (Wildman–Crippen LogP) is 7.05. The summed E-state index contributed by atoms with van der Waals surface area (Å²) < 4.78 is 21.9. The third kappa shape index (κ3) is 10.4. The molecule has 4 N–H and O–H groups in total. The number of nitrogens with one attached hydrogen (secondary N) is 3. The van der Waals surface area contributed by atoms with E-state index in [1.54, 1.807) is 26.8 Å². The van der Waals surface area contributed by atoms with Crippen LogP contribution in [0.15, 0.2) is 24.3 Å². The van der Waals surface area contributed by atoms with Gasteiger partial charge >= 0.3 is 18.0 Å². The van der Waals surface area contributed by atoms with Crippen LogP contribution < -0.4 is 5.32 Å². The van der Waals surface area contributed by atoms with Gasteiger partial charge in [0.05, 0.1) is 60.2 Å². The summed E-state index contributed by atoms with van der Waals surface area (Å²) in [7, 11) is 0. The number of H-pyrrole nitrogens is 2. The van der Waals surface area contributed by atoms with Crippen LogP contribution in [0, 0.1) is 13.8 Å². The Kier molecular flexibility index (Phi) is 14.6. The Morgan fingerprint density at radius 3 is 2.35 bits per heavy atom. The van der Waals surface area contributed by atoms with Gasteiger partial charge in [0, 0.05) is 84.9 Å². The summed E-state index contributed by atoms with van der Waals surface area (Å²) in [5.74, 6) is -3.16. The van der Waals surface area contributed by atoms with Gasteiger partial charge in [-0.3, -0.25) is 29.2 Å². The topological polar surface area (TPSA) is 218 Å². The Labute approximate surface area is 384 Å². The smallest absolute Gasteiger partial charge is 0.407 e. The monoisotopic (exact) mass is 907 g/mol. The molecule has 4 aliphatic heterocycles. The highest BCUT2D eigenvalue weighted by Gasteiger charge is 2.41. The van der Waals surface area contributed by atoms with Crippen LogP contribution in [0.1, 0.15) is 133 Å². The van der Waals surface area contributed by atoms with Crippen molar-refractivity contribution in [3.63, 3.8) is 0 Å². The number of morpholine rings is 1. The quantitative estimate of drug-likeness (QED) is 0.0521. The number of aromatic amines is 2. The average Bonchev–Trinajstić information content (AvgIpc) is 3.94. The fourth-order valence-corrected chi connectivity index (χ4v) is 8.98. The van der Waals surface area contributed by atoms with E-state index in [0.717, 1.165) is 22.8 Å². The lowest BCUT2D eigenvalue weighted by Gasteiger charge is -2.31. The summed E-state index contributed by atoms with van der Waals surface area (Å²) in [5, 5.41) is 12.2. The molecule has 4 aliphatic rings. The van der Waals surface area contributed by atoms with Crippen molar-refractivity contribution in [2.24, 2.45) is 0 Å². The zero-order chi connectivity index (χ0) is 47.4. The van der Waals surface area contributed by atoms with E-state index in [1.165, 1.54) is 4.90 Å². The third-order valence-electron chi connectivity index (χ3n) is 12.5. The fraction of sp³-hybridized carbons (Fsp3) is 0.490. The molecule has 3 aromatic heterocycles. The van der Waals surface area contributed by atoms with Gasteiger partial charge in [-0.25, -0.2) is 14.6 Å². The number of alkyl carbamates (subject to hydrolysis) is 1. The second-order valence-corrected chi connectivity index (χ2v) is 18.1. The van der Waals surface area contributed by atoms with E-state index >= 15 is 4.79 Å². The maximum Gasteiger partial charge on any atom is 0.407 e. The Balaban J connectivity index is 1.30. The molecule has 0 spiro atoms. The normalized spacial score (nSPS) is 17.8. The Morgan fingerprint density at radius 2 is 1.64 bits per heavy atom. The molecule has 0 unspecified atom stereocenters. The van der Waals surface area contributed by atoms with Crippen molar-refractivity contribution in [2.45, 2.75) is 92.1 Å². The minimum Gasteiger partial charge on any atom is -0.478 e. The molecule has 0 aliphatic carbocycles. The van der Waals surface area contributed by atoms with Crippen LogP contribution in [0.5, 0.6) is 0 Å². The van der Waals surface area contributed by atoms with Gasteiger partial charge in [-0.2, -0.15) is 0 Å². The molecule has 3 aromatic rings. The van der Waals surface area contributed by atoms with E-state index in [1.807, 2.05) is 45.9 Å². The SMILES string of the molecule is CCC1=C(C)c2cc3[nH]c(cc4nc(c5c6[nH]c(cc1n2)c(C)c6C(=O)N(CCN1CCOCC1)C5=O)[C@@H](CCC(=O)OCCOCCNC(=O)OC(C)(C)C)[C@@H]4C)c(C)c3/C=C/C(=O)O. The number of aromatic nitrogens is 4. The number of hydrogen-bond acceptors (Lipinski definition) is 12. The standard InChI is InChI=1S/C49H61N7O10/c1-9-31-27(2)35-25-39-32(10-12-40(57)58)28(3)34(52-39)24-36-29(4)33(11-13-41(59)65-23-22-63-19-14-50-48(62)66-49(6,7)8)44(53-36)43-45-42(30(5)37(54-45)26-38(31)51-35)46(60)56(47(43)61)16-15-55-17-20-64-21-18-55/h10,12,24-26,29,33,52,54H,9,11,13-23H2,1-8H3,(H,50,62)(H,57,58)/b12-10+,34-24?,35-25?,36-24?,37-26?,38-26?,39-25?,44-43?/t29-,33-/m0/s1. The molecule has 7 rings (SSSR count). The molecule has 66 heavy (non-hydrogen) atoms. The van der Waals surface area contributed by atoms with Crippen LogP contribution in [0.25, 0.3) is 39.3 Å². The van der Waals surface area contributed by atoms with Gasteiger partial charge in [0.1, 0.15) is 12.2 Å². The highest BCUT2D eigenvalue weighted by atomic mass is 16.6. The van der Waals surface area contributed by atoms with Crippen LogP contribution in [0.2, 0.25) is 0 Å². The third-order valence-corrected chi connectivity index (χ3v) is 12.5. The summed E-state index contributed by atoms with van der Waals surface area (Å²) in [6.07, 6.45) is 3.08. The molecule has 352 valence electrons. The molecule has 1 saturated heterocycles. The predicted molar refractivity (Wildman–Crippen MR) is 249 cm³/mol. The van der Waals surface area contributed by atoms with Crippen LogP contribution in [-0.2, 0) is 28.5 Å². The van der Waals surface area contributed by atoms with Gasteiger partial charge in [0.2, 0.25) is 0 Å². The van der Waals surface area contributed by atoms with E-state index in [4.69, 9.17) is 28.9 Å². The number of carbonyl (C=O) groups is 5. The number of imide groups is 1. The Morgan fingerprint density at radius 1 is 0.924 bits per heavy atom.